The normalized spacial score (nSPS) is 12.0. The Morgan fingerprint density at radius 1 is 1.23 bits per heavy atom. The quantitative estimate of drug-likeness (QED) is 0.920. The van der Waals surface area contributed by atoms with Gasteiger partial charge >= 0.3 is 0 Å². The average Bonchev–Trinajstić information content (AvgIpc) is 2.50. The van der Waals surface area contributed by atoms with Crippen LogP contribution in [0.25, 0.3) is 11.3 Å². The summed E-state index contributed by atoms with van der Waals surface area (Å²) in [5, 5.41) is 7.12. The highest BCUT2D eigenvalue weighted by atomic mass is 16.2. The third-order valence-corrected chi connectivity index (χ3v) is 3.53. The van der Waals surface area contributed by atoms with Crippen molar-refractivity contribution in [1.82, 2.24) is 15.1 Å². The van der Waals surface area contributed by atoms with Gasteiger partial charge in [0.25, 0.3) is 5.56 Å². The molecule has 0 spiro atoms. The van der Waals surface area contributed by atoms with E-state index in [4.69, 9.17) is 0 Å². The highest BCUT2D eigenvalue weighted by Crippen LogP contribution is 2.15. The van der Waals surface area contributed by atoms with E-state index in [0.29, 0.717) is 5.69 Å². The molecule has 1 heterocycles. The number of nitrogens with zero attached hydrogens (tertiary/aromatic N) is 2. The summed E-state index contributed by atoms with van der Waals surface area (Å²) >= 11 is 0. The molecular weight excluding hydrogens is 278 g/mol. The van der Waals surface area contributed by atoms with Crippen molar-refractivity contribution in [2.24, 2.45) is 0 Å². The minimum Gasteiger partial charge on any atom is -0.352 e. The van der Waals surface area contributed by atoms with Crippen molar-refractivity contribution in [3.8, 4) is 11.3 Å². The maximum Gasteiger partial charge on any atom is 0.267 e. The van der Waals surface area contributed by atoms with Crippen molar-refractivity contribution >= 4 is 5.91 Å². The molecule has 1 aromatic heterocycles. The van der Waals surface area contributed by atoms with E-state index in [0.717, 1.165) is 17.5 Å². The maximum atomic E-state index is 11.9. The van der Waals surface area contributed by atoms with E-state index < -0.39 is 0 Å². The van der Waals surface area contributed by atoms with E-state index >= 15 is 0 Å². The summed E-state index contributed by atoms with van der Waals surface area (Å²) in [6.45, 7) is 5.87. The molecule has 2 rings (SSSR count). The molecule has 22 heavy (non-hydrogen) atoms. The number of aryl methyl sites for hydroxylation is 1. The van der Waals surface area contributed by atoms with Crippen LogP contribution in [0.5, 0.6) is 0 Å². The highest BCUT2D eigenvalue weighted by Gasteiger charge is 2.09. The predicted molar refractivity (Wildman–Crippen MR) is 86.6 cm³/mol. The SMILES string of the molecule is CC[C@H](C)NC(=O)Cn1nc(-c2ccc(C)cc2)ccc1=O. The second-order valence-corrected chi connectivity index (χ2v) is 5.46. The van der Waals surface area contributed by atoms with E-state index in [-0.39, 0.29) is 24.1 Å². The van der Waals surface area contributed by atoms with E-state index in [1.807, 2.05) is 45.0 Å². The molecule has 5 nitrogen and oxygen atoms in total. The molecule has 2 aromatic rings. The predicted octanol–water partition coefficient (Wildman–Crippen LogP) is 2.13. The number of rotatable bonds is 5. The number of aromatic nitrogens is 2. The Morgan fingerprint density at radius 2 is 1.91 bits per heavy atom. The van der Waals surface area contributed by atoms with Crippen LogP contribution >= 0.6 is 0 Å². The molecule has 0 aliphatic carbocycles. The Morgan fingerprint density at radius 3 is 2.55 bits per heavy atom. The molecule has 0 aliphatic heterocycles. The summed E-state index contributed by atoms with van der Waals surface area (Å²) < 4.78 is 1.20. The number of carbonyl (C=O) groups excluding carboxylic acids is 1. The van der Waals surface area contributed by atoms with Gasteiger partial charge in [0.2, 0.25) is 5.91 Å². The summed E-state index contributed by atoms with van der Waals surface area (Å²) in [6.07, 6.45) is 0.845. The number of benzene rings is 1. The summed E-state index contributed by atoms with van der Waals surface area (Å²) in [6, 6.07) is 11.1. The second kappa shape index (κ2) is 7.02. The van der Waals surface area contributed by atoms with Crippen molar-refractivity contribution in [2.45, 2.75) is 39.8 Å². The van der Waals surface area contributed by atoms with Gasteiger partial charge in [-0.1, -0.05) is 36.8 Å². The third kappa shape index (κ3) is 4.04. The lowest BCUT2D eigenvalue weighted by Crippen LogP contribution is -2.37. The first-order chi connectivity index (χ1) is 10.5. The number of carbonyl (C=O) groups is 1. The molecule has 116 valence electrons. The Balaban J connectivity index is 2.22. The molecule has 1 N–H and O–H groups in total. The topological polar surface area (TPSA) is 64.0 Å². The van der Waals surface area contributed by atoms with E-state index in [9.17, 15) is 9.59 Å². The number of hydrogen-bond donors (Lipinski definition) is 1. The van der Waals surface area contributed by atoms with Crippen LogP contribution in [-0.4, -0.2) is 21.7 Å². The smallest absolute Gasteiger partial charge is 0.267 e. The van der Waals surface area contributed by atoms with Crippen LogP contribution in [0.3, 0.4) is 0 Å². The first kappa shape index (κ1) is 15.9. The highest BCUT2D eigenvalue weighted by molar-refractivity contribution is 5.75. The largest absolute Gasteiger partial charge is 0.352 e. The van der Waals surface area contributed by atoms with Crippen molar-refractivity contribution < 1.29 is 4.79 Å². The zero-order valence-corrected chi connectivity index (χ0v) is 13.2. The van der Waals surface area contributed by atoms with Crippen LogP contribution in [0.2, 0.25) is 0 Å². The molecule has 1 atom stereocenters. The maximum absolute atomic E-state index is 11.9. The first-order valence-corrected chi connectivity index (χ1v) is 7.44. The van der Waals surface area contributed by atoms with Crippen molar-refractivity contribution in [3.63, 3.8) is 0 Å². The Labute approximate surface area is 130 Å². The van der Waals surface area contributed by atoms with E-state index in [2.05, 4.69) is 10.4 Å². The van der Waals surface area contributed by atoms with Gasteiger partial charge in [-0.3, -0.25) is 9.59 Å². The zero-order valence-electron chi connectivity index (χ0n) is 13.2. The molecule has 1 aromatic carbocycles. The molecule has 5 heteroatoms. The molecule has 0 bridgehead atoms. The monoisotopic (exact) mass is 299 g/mol. The molecule has 1 amide bonds. The standard InChI is InChI=1S/C17H21N3O2/c1-4-13(3)18-16(21)11-20-17(22)10-9-15(19-20)14-7-5-12(2)6-8-14/h5-10,13H,4,11H2,1-3H3,(H,18,21)/t13-/m0/s1. The average molecular weight is 299 g/mol. The van der Waals surface area contributed by atoms with Gasteiger partial charge in [-0.25, -0.2) is 4.68 Å². The number of nitrogens with one attached hydrogen (secondary N) is 1. The Hall–Kier alpha value is -2.43. The molecule has 0 fully saturated rings. The van der Waals surface area contributed by atoms with Crippen LogP contribution in [0, 0.1) is 6.92 Å². The first-order valence-electron chi connectivity index (χ1n) is 7.44. The third-order valence-electron chi connectivity index (χ3n) is 3.53. The van der Waals surface area contributed by atoms with Crippen LogP contribution in [-0.2, 0) is 11.3 Å². The number of amides is 1. The molecule has 0 saturated heterocycles. The van der Waals surface area contributed by atoms with Crippen molar-refractivity contribution in [3.05, 3.63) is 52.3 Å². The minimum absolute atomic E-state index is 0.0666. The van der Waals surface area contributed by atoms with E-state index in [1.54, 1.807) is 6.07 Å². The van der Waals surface area contributed by atoms with Gasteiger partial charge in [0.15, 0.2) is 0 Å². The lowest BCUT2D eigenvalue weighted by Gasteiger charge is -2.12. The van der Waals surface area contributed by atoms with Gasteiger partial charge < -0.3 is 5.32 Å². The van der Waals surface area contributed by atoms with Crippen LogP contribution in [0.1, 0.15) is 25.8 Å². The summed E-state index contributed by atoms with van der Waals surface area (Å²) in [5.74, 6) is -0.204. The Bertz CT molecular complexity index is 705. The van der Waals surface area contributed by atoms with Crippen LogP contribution < -0.4 is 10.9 Å². The molecule has 0 radical (unpaired) electrons. The van der Waals surface area contributed by atoms with Gasteiger partial charge in [-0.2, -0.15) is 5.10 Å². The fourth-order valence-corrected chi connectivity index (χ4v) is 2.00. The molecule has 0 saturated carbocycles. The van der Waals surface area contributed by atoms with Gasteiger partial charge in [0, 0.05) is 17.7 Å². The van der Waals surface area contributed by atoms with E-state index in [1.165, 1.54) is 10.7 Å². The van der Waals surface area contributed by atoms with Crippen molar-refractivity contribution in [2.75, 3.05) is 0 Å². The molecular formula is C17H21N3O2. The van der Waals surface area contributed by atoms with Crippen molar-refractivity contribution in [1.29, 1.82) is 0 Å². The van der Waals surface area contributed by atoms with Crippen LogP contribution in [0.4, 0.5) is 0 Å². The summed E-state index contributed by atoms with van der Waals surface area (Å²) in [5.41, 5.74) is 2.47. The minimum atomic E-state index is -0.282. The Kier molecular flexibility index (Phi) is 5.09. The summed E-state index contributed by atoms with van der Waals surface area (Å²) in [4.78, 5) is 23.8. The lowest BCUT2D eigenvalue weighted by atomic mass is 10.1. The second-order valence-electron chi connectivity index (χ2n) is 5.46. The summed E-state index contributed by atoms with van der Waals surface area (Å²) in [7, 11) is 0. The van der Waals surface area contributed by atoms with Crippen LogP contribution in [0.15, 0.2) is 41.2 Å². The van der Waals surface area contributed by atoms with Gasteiger partial charge in [-0.15, -0.1) is 0 Å². The fourth-order valence-electron chi connectivity index (χ4n) is 2.00. The van der Waals surface area contributed by atoms with Gasteiger partial charge in [0.1, 0.15) is 6.54 Å². The molecule has 0 unspecified atom stereocenters. The molecule has 0 aliphatic rings. The lowest BCUT2D eigenvalue weighted by molar-refractivity contribution is -0.122. The number of hydrogen-bond acceptors (Lipinski definition) is 3. The van der Waals surface area contributed by atoms with Gasteiger partial charge in [0.05, 0.1) is 5.69 Å². The van der Waals surface area contributed by atoms with Gasteiger partial charge in [-0.05, 0) is 26.3 Å². The zero-order chi connectivity index (χ0) is 16.1. The fraction of sp³-hybridized carbons (Fsp3) is 0.353.